The number of aryl methyl sites for hydroxylation is 1. The third kappa shape index (κ3) is 7.04. The fraction of sp³-hybridized carbons (Fsp3) is 0.364. The normalized spacial score (nSPS) is 10.5. The molecule has 4 heteroatoms. The second-order valence-corrected chi connectivity index (χ2v) is 7.28. The van der Waals surface area contributed by atoms with E-state index in [0.717, 1.165) is 31.4 Å². The number of benzene rings is 2. The van der Waals surface area contributed by atoms with Gasteiger partial charge in [-0.25, -0.2) is 0 Å². The smallest absolute Gasteiger partial charge is 0.313 e. The third-order valence-electron chi connectivity index (χ3n) is 4.17. The maximum atomic E-state index is 11.5. The molecule has 0 heterocycles. The van der Waals surface area contributed by atoms with Gasteiger partial charge >= 0.3 is 5.97 Å². The van der Waals surface area contributed by atoms with Crippen molar-refractivity contribution in [2.24, 2.45) is 0 Å². The number of carbonyl (C=O) groups excluding carboxylic acids is 2. The number of Topliss-reactive ketones (excluding diaryl/α,β-unsaturated/α-hetero) is 1. The molecule has 138 valence electrons. The summed E-state index contributed by atoms with van der Waals surface area (Å²) in [7, 11) is 1.30. The topological polar surface area (TPSA) is 43.4 Å². The summed E-state index contributed by atoms with van der Waals surface area (Å²) in [5.41, 5.74) is 3.97. The Hall–Kier alpha value is -2.07. The number of methoxy groups -OCH3 is 1. The first-order chi connectivity index (χ1) is 12.7. The number of thioether (sulfide) groups is 1. The third-order valence-corrected chi connectivity index (χ3v) is 5.27. The largest absolute Gasteiger partial charge is 0.469 e. The summed E-state index contributed by atoms with van der Waals surface area (Å²) in [5, 5.41) is 0. The minimum Gasteiger partial charge on any atom is -0.469 e. The van der Waals surface area contributed by atoms with Crippen LogP contribution in [-0.4, -0.2) is 30.4 Å². The predicted molar refractivity (Wildman–Crippen MR) is 108 cm³/mol. The number of ketones is 1. The maximum absolute atomic E-state index is 11.5. The lowest BCUT2D eigenvalue weighted by Gasteiger charge is -2.09. The zero-order valence-corrected chi connectivity index (χ0v) is 16.1. The van der Waals surface area contributed by atoms with Crippen molar-refractivity contribution < 1.29 is 14.3 Å². The van der Waals surface area contributed by atoms with E-state index < -0.39 is 5.97 Å². The van der Waals surface area contributed by atoms with E-state index in [4.69, 9.17) is 0 Å². The van der Waals surface area contributed by atoms with E-state index >= 15 is 0 Å². The van der Waals surface area contributed by atoms with E-state index in [1.807, 2.05) is 6.07 Å². The summed E-state index contributed by atoms with van der Waals surface area (Å²) in [4.78, 5) is 22.5. The van der Waals surface area contributed by atoms with Crippen LogP contribution in [0.25, 0.3) is 11.1 Å². The van der Waals surface area contributed by atoms with E-state index in [1.54, 1.807) is 11.8 Å². The van der Waals surface area contributed by atoms with Crippen LogP contribution in [0.15, 0.2) is 54.6 Å². The van der Waals surface area contributed by atoms with Gasteiger partial charge in [-0.05, 0) is 41.7 Å². The van der Waals surface area contributed by atoms with Crippen LogP contribution in [0.2, 0.25) is 0 Å². The van der Waals surface area contributed by atoms with Gasteiger partial charge < -0.3 is 4.74 Å². The zero-order valence-electron chi connectivity index (χ0n) is 15.3. The van der Waals surface area contributed by atoms with Crippen LogP contribution in [0.3, 0.4) is 0 Å². The van der Waals surface area contributed by atoms with Gasteiger partial charge in [-0.15, -0.1) is 0 Å². The first kappa shape index (κ1) is 20.2. The van der Waals surface area contributed by atoms with E-state index in [9.17, 15) is 9.59 Å². The molecule has 0 aliphatic carbocycles. The average Bonchev–Trinajstić information content (AvgIpc) is 2.68. The van der Waals surface area contributed by atoms with Crippen LogP contribution in [0.5, 0.6) is 0 Å². The van der Waals surface area contributed by atoms with Crippen molar-refractivity contribution in [3.05, 3.63) is 60.2 Å². The van der Waals surface area contributed by atoms with Crippen LogP contribution in [-0.2, 0) is 20.7 Å². The number of rotatable bonds is 11. The van der Waals surface area contributed by atoms with E-state index in [-0.39, 0.29) is 12.2 Å². The highest BCUT2D eigenvalue weighted by Gasteiger charge is 2.09. The van der Waals surface area contributed by atoms with Crippen LogP contribution >= 0.6 is 11.8 Å². The minimum absolute atomic E-state index is 0.0568. The van der Waals surface area contributed by atoms with Crippen LogP contribution in [0.4, 0.5) is 0 Å². The Bertz CT molecular complexity index is 698. The number of hydrogen-bond donors (Lipinski definition) is 0. The van der Waals surface area contributed by atoms with Crippen LogP contribution < -0.4 is 0 Å². The lowest BCUT2D eigenvalue weighted by atomic mass is 9.96. The predicted octanol–water partition coefficient (Wildman–Crippen LogP) is 4.93. The molecule has 0 aliphatic rings. The first-order valence-corrected chi connectivity index (χ1v) is 10.2. The van der Waals surface area contributed by atoms with Crippen LogP contribution in [0.1, 0.15) is 31.2 Å². The molecule has 0 N–H and O–H groups in total. The molecule has 0 unspecified atom stereocenters. The molecule has 0 atom stereocenters. The summed E-state index contributed by atoms with van der Waals surface area (Å²) in [6.45, 7) is 0. The maximum Gasteiger partial charge on any atom is 0.313 e. The number of hydrogen-bond acceptors (Lipinski definition) is 4. The Balaban J connectivity index is 1.67. The van der Waals surface area contributed by atoms with Crippen molar-refractivity contribution in [1.29, 1.82) is 0 Å². The van der Waals surface area contributed by atoms with Crippen molar-refractivity contribution in [1.82, 2.24) is 0 Å². The molecule has 0 bridgehead atoms. The van der Waals surface area contributed by atoms with E-state index in [0.29, 0.717) is 5.75 Å². The summed E-state index contributed by atoms with van der Waals surface area (Å²) in [5.74, 6) is 0.838. The van der Waals surface area contributed by atoms with Gasteiger partial charge in [0.2, 0.25) is 0 Å². The second-order valence-electron chi connectivity index (χ2n) is 6.18. The average molecular weight is 371 g/mol. The molecular formula is C22H26O3S. The Morgan fingerprint density at radius 1 is 0.923 bits per heavy atom. The standard InChI is InChI=1S/C22H26O3S/c1-25-22(24)16-20(23)17-26-15-9-3-6-12-19-13-7-8-14-21(19)18-10-4-2-5-11-18/h2,4-5,7-8,10-11,13-14H,3,6,9,12,15-17H2,1H3. The van der Waals surface area contributed by atoms with Crippen molar-refractivity contribution in [3.63, 3.8) is 0 Å². The Morgan fingerprint density at radius 3 is 2.42 bits per heavy atom. The summed E-state index contributed by atoms with van der Waals surface area (Å²) >= 11 is 1.60. The number of ether oxygens (including phenoxy) is 1. The van der Waals surface area contributed by atoms with Crippen molar-refractivity contribution in [3.8, 4) is 11.1 Å². The first-order valence-electron chi connectivity index (χ1n) is 9.00. The minimum atomic E-state index is -0.451. The molecular weight excluding hydrogens is 344 g/mol. The highest BCUT2D eigenvalue weighted by atomic mass is 32.2. The zero-order chi connectivity index (χ0) is 18.6. The molecule has 0 aromatic heterocycles. The molecule has 2 aromatic carbocycles. The second kappa shape index (κ2) is 11.5. The van der Waals surface area contributed by atoms with Gasteiger partial charge in [0.05, 0.1) is 12.9 Å². The molecule has 0 amide bonds. The lowest BCUT2D eigenvalue weighted by molar-refractivity contribution is -0.142. The van der Waals surface area contributed by atoms with Gasteiger partial charge in [0.25, 0.3) is 0 Å². The molecule has 0 saturated carbocycles. The summed E-state index contributed by atoms with van der Waals surface area (Å²) in [6, 6.07) is 19.1. The molecule has 2 rings (SSSR count). The quantitative estimate of drug-likeness (QED) is 0.319. The fourth-order valence-electron chi connectivity index (χ4n) is 2.80. The Labute approximate surface area is 160 Å². The van der Waals surface area contributed by atoms with Gasteiger partial charge in [-0.3, -0.25) is 9.59 Å². The molecule has 3 nitrogen and oxygen atoms in total. The lowest BCUT2D eigenvalue weighted by Crippen LogP contribution is -2.11. The van der Waals surface area contributed by atoms with Gasteiger partial charge in [0.15, 0.2) is 5.78 Å². The summed E-state index contributed by atoms with van der Waals surface area (Å²) in [6.07, 6.45) is 4.32. The summed E-state index contributed by atoms with van der Waals surface area (Å²) < 4.78 is 4.49. The Morgan fingerprint density at radius 2 is 1.65 bits per heavy atom. The van der Waals surface area contributed by atoms with Gasteiger partial charge in [0.1, 0.15) is 6.42 Å². The van der Waals surface area contributed by atoms with Gasteiger partial charge in [-0.1, -0.05) is 61.0 Å². The highest BCUT2D eigenvalue weighted by Crippen LogP contribution is 2.25. The monoisotopic (exact) mass is 370 g/mol. The van der Waals surface area contributed by atoms with Crippen molar-refractivity contribution in [2.75, 3.05) is 18.6 Å². The molecule has 0 fully saturated rings. The van der Waals surface area contributed by atoms with Crippen molar-refractivity contribution >= 4 is 23.5 Å². The number of esters is 1. The molecule has 0 radical (unpaired) electrons. The SMILES string of the molecule is COC(=O)CC(=O)CSCCCCCc1ccccc1-c1ccccc1. The van der Waals surface area contributed by atoms with E-state index in [1.165, 1.54) is 23.8 Å². The van der Waals surface area contributed by atoms with Crippen molar-refractivity contribution in [2.45, 2.75) is 32.1 Å². The molecule has 2 aromatic rings. The number of carbonyl (C=O) groups is 2. The molecule has 26 heavy (non-hydrogen) atoms. The number of unbranched alkanes of at least 4 members (excludes halogenated alkanes) is 2. The molecule has 0 saturated heterocycles. The fourth-order valence-corrected chi connectivity index (χ4v) is 3.69. The van der Waals surface area contributed by atoms with Gasteiger partial charge in [-0.2, -0.15) is 11.8 Å². The van der Waals surface area contributed by atoms with Crippen LogP contribution in [0, 0.1) is 0 Å². The molecule has 0 aliphatic heterocycles. The van der Waals surface area contributed by atoms with E-state index in [2.05, 4.69) is 53.3 Å². The highest BCUT2D eigenvalue weighted by molar-refractivity contribution is 7.99. The molecule has 0 spiro atoms. The van der Waals surface area contributed by atoms with Gasteiger partial charge in [0, 0.05) is 0 Å². The Kier molecular flexibility index (Phi) is 8.98.